The molecule has 82 valence electrons. The zero-order valence-electron chi connectivity index (χ0n) is 8.95. The first-order chi connectivity index (χ1) is 7.24. The molecular formula is C12H16ClNS. The minimum absolute atomic E-state index is 0.780. The molecule has 1 heterocycles. The number of rotatable bonds is 2. The second-order valence-corrected chi connectivity index (χ2v) is 5.88. The second-order valence-electron chi connectivity index (χ2n) is 4.07. The Balaban J connectivity index is 1.89. The molecular weight excluding hydrogens is 226 g/mol. The van der Waals surface area contributed by atoms with Gasteiger partial charge in [-0.05, 0) is 57.2 Å². The maximum atomic E-state index is 5.86. The molecule has 0 atom stereocenters. The molecule has 0 spiro atoms. The van der Waals surface area contributed by atoms with Gasteiger partial charge in [0.15, 0.2) is 0 Å². The van der Waals surface area contributed by atoms with Gasteiger partial charge in [0.1, 0.15) is 0 Å². The summed E-state index contributed by atoms with van der Waals surface area (Å²) >= 11 is 7.85. The third-order valence-electron chi connectivity index (χ3n) is 2.78. The zero-order chi connectivity index (χ0) is 10.7. The number of piperidine rings is 1. The van der Waals surface area contributed by atoms with Crippen LogP contribution in [0.4, 0.5) is 0 Å². The number of halogens is 1. The summed E-state index contributed by atoms with van der Waals surface area (Å²) in [7, 11) is 2.20. The monoisotopic (exact) mass is 241 g/mol. The average Bonchev–Trinajstić information content (AvgIpc) is 2.25. The van der Waals surface area contributed by atoms with Crippen molar-refractivity contribution in [3.05, 3.63) is 29.3 Å². The van der Waals surface area contributed by atoms with Crippen LogP contribution in [0.1, 0.15) is 12.8 Å². The lowest BCUT2D eigenvalue weighted by Gasteiger charge is -2.28. The molecule has 0 radical (unpaired) electrons. The highest BCUT2D eigenvalue weighted by molar-refractivity contribution is 8.00. The molecule has 1 nitrogen and oxygen atoms in total. The standard InChI is InChI=1S/C12H16ClNS/c1-14-8-6-12(7-9-14)15-11-4-2-10(13)3-5-11/h2-5,12H,6-9H2,1H3. The first kappa shape index (κ1) is 11.3. The van der Waals surface area contributed by atoms with Crippen LogP contribution in [0.3, 0.4) is 0 Å². The van der Waals surface area contributed by atoms with Crippen LogP contribution >= 0.6 is 23.4 Å². The van der Waals surface area contributed by atoms with E-state index in [2.05, 4.69) is 24.1 Å². The van der Waals surface area contributed by atoms with Crippen molar-refractivity contribution in [3.8, 4) is 0 Å². The molecule has 0 unspecified atom stereocenters. The Morgan fingerprint density at radius 3 is 2.40 bits per heavy atom. The molecule has 15 heavy (non-hydrogen) atoms. The summed E-state index contributed by atoms with van der Waals surface area (Å²) in [6.07, 6.45) is 2.59. The van der Waals surface area contributed by atoms with Crippen molar-refractivity contribution in [2.45, 2.75) is 23.0 Å². The third kappa shape index (κ3) is 3.40. The summed E-state index contributed by atoms with van der Waals surface area (Å²) in [6.45, 7) is 2.45. The molecule has 1 aliphatic heterocycles. The maximum absolute atomic E-state index is 5.86. The van der Waals surface area contributed by atoms with Crippen LogP contribution in [-0.4, -0.2) is 30.3 Å². The fourth-order valence-corrected chi connectivity index (χ4v) is 3.06. The van der Waals surface area contributed by atoms with Gasteiger partial charge in [0.25, 0.3) is 0 Å². The molecule has 0 aliphatic carbocycles. The van der Waals surface area contributed by atoms with E-state index in [0.717, 1.165) is 10.3 Å². The summed E-state index contributed by atoms with van der Waals surface area (Å²) in [6, 6.07) is 8.17. The fourth-order valence-electron chi connectivity index (χ4n) is 1.81. The van der Waals surface area contributed by atoms with Gasteiger partial charge >= 0.3 is 0 Å². The lowest BCUT2D eigenvalue weighted by Crippen LogP contribution is -2.31. The minimum Gasteiger partial charge on any atom is -0.306 e. The number of hydrogen-bond acceptors (Lipinski definition) is 2. The fraction of sp³-hybridized carbons (Fsp3) is 0.500. The van der Waals surface area contributed by atoms with E-state index in [4.69, 9.17) is 11.6 Å². The first-order valence-corrected chi connectivity index (χ1v) is 6.60. The molecule has 2 rings (SSSR count). The third-order valence-corrected chi connectivity index (χ3v) is 4.38. The van der Waals surface area contributed by atoms with Gasteiger partial charge in [-0.3, -0.25) is 0 Å². The van der Waals surface area contributed by atoms with Gasteiger partial charge < -0.3 is 4.90 Å². The maximum Gasteiger partial charge on any atom is 0.0406 e. The van der Waals surface area contributed by atoms with Crippen LogP contribution in [0.2, 0.25) is 5.02 Å². The van der Waals surface area contributed by atoms with Crippen molar-refractivity contribution in [3.63, 3.8) is 0 Å². The Bertz CT molecular complexity index is 304. The molecule has 0 saturated carbocycles. The van der Waals surface area contributed by atoms with E-state index < -0.39 is 0 Å². The summed E-state index contributed by atoms with van der Waals surface area (Å²) < 4.78 is 0. The SMILES string of the molecule is CN1CCC(Sc2ccc(Cl)cc2)CC1. The predicted molar refractivity (Wildman–Crippen MR) is 67.8 cm³/mol. The number of nitrogens with zero attached hydrogens (tertiary/aromatic N) is 1. The number of likely N-dealkylation sites (tertiary alicyclic amines) is 1. The van der Waals surface area contributed by atoms with Crippen molar-refractivity contribution in [1.29, 1.82) is 0 Å². The molecule has 1 aliphatic rings. The lowest BCUT2D eigenvalue weighted by molar-refractivity contribution is 0.282. The summed E-state index contributed by atoms with van der Waals surface area (Å²) in [5.74, 6) is 0. The van der Waals surface area contributed by atoms with Gasteiger partial charge in [0.2, 0.25) is 0 Å². The lowest BCUT2D eigenvalue weighted by atomic mass is 10.1. The topological polar surface area (TPSA) is 3.24 Å². The molecule has 0 amide bonds. The summed E-state index contributed by atoms with van der Waals surface area (Å²) in [4.78, 5) is 3.74. The van der Waals surface area contributed by atoms with Crippen LogP contribution in [0.15, 0.2) is 29.2 Å². The number of thioether (sulfide) groups is 1. The largest absolute Gasteiger partial charge is 0.306 e. The van der Waals surface area contributed by atoms with Crippen molar-refractivity contribution in [1.82, 2.24) is 4.90 Å². The molecule has 0 aromatic heterocycles. The minimum atomic E-state index is 0.780. The molecule has 0 bridgehead atoms. The van der Waals surface area contributed by atoms with Gasteiger partial charge in [-0.1, -0.05) is 11.6 Å². The molecule has 1 saturated heterocycles. The highest BCUT2D eigenvalue weighted by atomic mass is 35.5. The smallest absolute Gasteiger partial charge is 0.0406 e. The molecule has 0 N–H and O–H groups in total. The van der Waals surface area contributed by atoms with E-state index in [1.807, 2.05) is 23.9 Å². The highest BCUT2D eigenvalue weighted by Crippen LogP contribution is 2.30. The number of benzene rings is 1. The highest BCUT2D eigenvalue weighted by Gasteiger charge is 2.17. The van der Waals surface area contributed by atoms with E-state index in [1.165, 1.54) is 30.8 Å². The van der Waals surface area contributed by atoms with Crippen molar-refractivity contribution in [2.75, 3.05) is 20.1 Å². The van der Waals surface area contributed by atoms with Crippen molar-refractivity contribution < 1.29 is 0 Å². The van der Waals surface area contributed by atoms with Crippen LogP contribution in [0, 0.1) is 0 Å². The Hall–Kier alpha value is -0.180. The average molecular weight is 242 g/mol. The van der Waals surface area contributed by atoms with Crippen LogP contribution in [0.5, 0.6) is 0 Å². The Morgan fingerprint density at radius 2 is 1.80 bits per heavy atom. The first-order valence-electron chi connectivity index (χ1n) is 5.35. The van der Waals surface area contributed by atoms with Crippen LogP contribution < -0.4 is 0 Å². The zero-order valence-corrected chi connectivity index (χ0v) is 10.5. The Morgan fingerprint density at radius 1 is 1.20 bits per heavy atom. The van der Waals surface area contributed by atoms with E-state index in [9.17, 15) is 0 Å². The Kier molecular flexibility index (Phi) is 3.95. The molecule has 1 aromatic rings. The van der Waals surface area contributed by atoms with Gasteiger partial charge in [0, 0.05) is 15.2 Å². The van der Waals surface area contributed by atoms with Crippen molar-refractivity contribution in [2.24, 2.45) is 0 Å². The van der Waals surface area contributed by atoms with Crippen molar-refractivity contribution >= 4 is 23.4 Å². The summed E-state index contributed by atoms with van der Waals surface area (Å²) in [5, 5.41) is 1.60. The van der Waals surface area contributed by atoms with E-state index in [0.29, 0.717) is 0 Å². The normalized spacial score (nSPS) is 19.3. The van der Waals surface area contributed by atoms with Gasteiger partial charge in [0.05, 0.1) is 0 Å². The van der Waals surface area contributed by atoms with Gasteiger partial charge in [-0.15, -0.1) is 11.8 Å². The predicted octanol–water partition coefficient (Wildman–Crippen LogP) is 3.53. The quantitative estimate of drug-likeness (QED) is 0.780. The van der Waals surface area contributed by atoms with E-state index in [-0.39, 0.29) is 0 Å². The van der Waals surface area contributed by atoms with E-state index >= 15 is 0 Å². The van der Waals surface area contributed by atoms with Crippen LogP contribution in [-0.2, 0) is 0 Å². The van der Waals surface area contributed by atoms with E-state index in [1.54, 1.807) is 0 Å². The molecule has 3 heteroatoms. The summed E-state index contributed by atoms with van der Waals surface area (Å²) in [5.41, 5.74) is 0. The van der Waals surface area contributed by atoms with Crippen LogP contribution in [0.25, 0.3) is 0 Å². The Labute approximate surface area is 101 Å². The number of hydrogen-bond donors (Lipinski definition) is 0. The second kappa shape index (κ2) is 5.24. The van der Waals surface area contributed by atoms with Gasteiger partial charge in [-0.2, -0.15) is 0 Å². The molecule has 1 aromatic carbocycles. The van der Waals surface area contributed by atoms with Gasteiger partial charge in [-0.25, -0.2) is 0 Å². The molecule has 1 fully saturated rings.